The van der Waals surface area contributed by atoms with Gasteiger partial charge in [-0.05, 0) is 48.0 Å². The van der Waals surface area contributed by atoms with Crippen LogP contribution in [-0.4, -0.2) is 39.4 Å². The van der Waals surface area contributed by atoms with Crippen LogP contribution in [-0.2, 0) is 16.1 Å². The summed E-state index contributed by atoms with van der Waals surface area (Å²) >= 11 is 0. The number of nitrogens with zero attached hydrogens (tertiary/aromatic N) is 4. The summed E-state index contributed by atoms with van der Waals surface area (Å²) in [7, 11) is 1.63. The van der Waals surface area contributed by atoms with Crippen LogP contribution in [0.4, 0.5) is 17.2 Å². The van der Waals surface area contributed by atoms with Gasteiger partial charge in [0.15, 0.2) is 17.3 Å². The van der Waals surface area contributed by atoms with E-state index in [1.54, 1.807) is 11.6 Å². The summed E-state index contributed by atoms with van der Waals surface area (Å²) < 4.78 is 12.6. The van der Waals surface area contributed by atoms with Gasteiger partial charge in [0.05, 0.1) is 13.7 Å². The van der Waals surface area contributed by atoms with E-state index in [2.05, 4.69) is 20.8 Å². The lowest BCUT2D eigenvalue weighted by Gasteiger charge is -2.12. The van der Waals surface area contributed by atoms with E-state index in [0.717, 1.165) is 33.3 Å². The minimum Gasteiger partial charge on any atom is -0.497 e. The van der Waals surface area contributed by atoms with Gasteiger partial charge in [-0.15, -0.1) is 15.3 Å². The number of methoxy groups -OCH3 is 1. The van der Waals surface area contributed by atoms with Gasteiger partial charge in [0.1, 0.15) is 12.4 Å². The molecule has 0 fully saturated rings. The smallest absolute Gasteiger partial charge is 0.250 e. The first-order chi connectivity index (χ1) is 19.7. The van der Waals surface area contributed by atoms with E-state index in [-0.39, 0.29) is 12.5 Å². The number of anilines is 3. The van der Waals surface area contributed by atoms with Gasteiger partial charge in [0, 0.05) is 27.7 Å². The summed E-state index contributed by atoms with van der Waals surface area (Å²) in [5.41, 5.74) is 3.94. The Morgan fingerprint density at radius 2 is 1.57 bits per heavy atom. The SMILES string of the molecule is COc1ccc(-c2nnc3c4ccccc4c(Nc4cccc(NC(=O)COCc5ccccc5)c4)nn23)cc1. The molecule has 2 aromatic heterocycles. The van der Waals surface area contributed by atoms with Crippen molar-refractivity contribution in [3.8, 4) is 17.1 Å². The first-order valence-corrected chi connectivity index (χ1v) is 12.7. The van der Waals surface area contributed by atoms with Gasteiger partial charge in [-0.1, -0.05) is 60.7 Å². The quantitative estimate of drug-likeness (QED) is 0.242. The molecule has 198 valence electrons. The molecule has 0 radical (unpaired) electrons. The summed E-state index contributed by atoms with van der Waals surface area (Å²) in [4.78, 5) is 12.5. The molecule has 40 heavy (non-hydrogen) atoms. The fourth-order valence-electron chi connectivity index (χ4n) is 4.44. The van der Waals surface area contributed by atoms with Crippen LogP contribution in [0, 0.1) is 0 Å². The minimum absolute atomic E-state index is 0.0445. The van der Waals surface area contributed by atoms with Crippen molar-refractivity contribution in [2.75, 3.05) is 24.4 Å². The minimum atomic E-state index is -0.230. The Morgan fingerprint density at radius 3 is 2.38 bits per heavy atom. The van der Waals surface area contributed by atoms with Crippen LogP contribution in [0.15, 0.2) is 103 Å². The lowest BCUT2D eigenvalue weighted by atomic mass is 10.1. The van der Waals surface area contributed by atoms with Gasteiger partial charge in [0.2, 0.25) is 5.91 Å². The zero-order valence-corrected chi connectivity index (χ0v) is 21.7. The second kappa shape index (κ2) is 11.2. The van der Waals surface area contributed by atoms with Gasteiger partial charge >= 0.3 is 0 Å². The number of carbonyl (C=O) groups excluding carboxylic acids is 1. The molecule has 0 aliphatic rings. The fourth-order valence-corrected chi connectivity index (χ4v) is 4.44. The van der Waals surface area contributed by atoms with E-state index in [9.17, 15) is 4.79 Å². The maximum atomic E-state index is 12.5. The second-order valence-electron chi connectivity index (χ2n) is 9.11. The average molecular weight is 531 g/mol. The molecule has 2 heterocycles. The number of aromatic nitrogens is 4. The number of benzene rings is 4. The standard InChI is InChI=1S/C31H26N6O3/c1-39-25-16-14-22(15-17-25)30-34-35-31-27-13-6-5-12-26(27)29(36-37(30)31)33-24-11-7-10-23(18-24)32-28(38)20-40-19-21-8-3-2-4-9-21/h2-18H,19-20H2,1H3,(H,32,38)(H,33,36). The molecule has 0 aliphatic carbocycles. The summed E-state index contributed by atoms with van der Waals surface area (Å²) in [6.45, 7) is 0.329. The Bertz CT molecular complexity index is 1780. The number of hydrogen-bond donors (Lipinski definition) is 2. The third kappa shape index (κ3) is 5.31. The molecule has 0 spiro atoms. The van der Waals surface area contributed by atoms with Gasteiger partial charge in [-0.3, -0.25) is 4.79 Å². The highest BCUT2D eigenvalue weighted by molar-refractivity contribution is 6.01. The van der Waals surface area contributed by atoms with Crippen LogP contribution in [0.25, 0.3) is 27.8 Å². The molecule has 9 nitrogen and oxygen atoms in total. The van der Waals surface area contributed by atoms with Gasteiger partial charge in [-0.2, -0.15) is 4.52 Å². The number of ether oxygens (including phenoxy) is 2. The van der Waals surface area contributed by atoms with Gasteiger partial charge in [-0.25, -0.2) is 0 Å². The first kappa shape index (κ1) is 25.0. The predicted molar refractivity (Wildman–Crippen MR) is 155 cm³/mol. The number of nitrogens with one attached hydrogen (secondary N) is 2. The molecule has 0 aliphatic heterocycles. The first-order valence-electron chi connectivity index (χ1n) is 12.7. The monoisotopic (exact) mass is 530 g/mol. The van der Waals surface area contributed by atoms with Crippen molar-refractivity contribution >= 4 is 39.5 Å². The number of carbonyl (C=O) groups is 1. The Balaban J connectivity index is 1.24. The lowest BCUT2D eigenvalue weighted by Crippen LogP contribution is -2.18. The molecule has 6 aromatic rings. The zero-order chi connectivity index (χ0) is 27.3. The van der Waals surface area contributed by atoms with E-state index >= 15 is 0 Å². The molecule has 0 unspecified atom stereocenters. The third-order valence-corrected chi connectivity index (χ3v) is 6.37. The molecule has 6 rings (SSSR count). The van der Waals surface area contributed by atoms with E-state index in [0.29, 0.717) is 29.6 Å². The van der Waals surface area contributed by atoms with E-state index in [1.807, 2.05) is 103 Å². The average Bonchev–Trinajstić information content (AvgIpc) is 3.42. The molecular weight excluding hydrogens is 504 g/mol. The summed E-state index contributed by atoms with van der Waals surface area (Å²) in [5.74, 6) is 1.77. The Kier molecular flexibility index (Phi) is 7.02. The van der Waals surface area contributed by atoms with Crippen LogP contribution in [0.1, 0.15) is 5.56 Å². The summed E-state index contributed by atoms with van der Waals surface area (Å²) in [6, 6.07) is 32.7. The number of hydrogen-bond acceptors (Lipinski definition) is 7. The molecule has 0 saturated heterocycles. The normalized spacial score (nSPS) is 11.0. The summed E-state index contributed by atoms with van der Waals surface area (Å²) in [6.07, 6.45) is 0. The molecule has 9 heteroatoms. The molecule has 4 aromatic carbocycles. The van der Waals surface area contributed by atoms with Crippen molar-refractivity contribution in [1.29, 1.82) is 0 Å². The van der Waals surface area contributed by atoms with Crippen molar-refractivity contribution in [2.24, 2.45) is 0 Å². The maximum absolute atomic E-state index is 12.5. The largest absolute Gasteiger partial charge is 0.497 e. The fraction of sp³-hybridized carbons (Fsp3) is 0.0968. The van der Waals surface area contributed by atoms with Gasteiger partial charge in [0.25, 0.3) is 0 Å². The Morgan fingerprint density at radius 1 is 0.825 bits per heavy atom. The molecular formula is C31H26N6O3. The molecule has 1 amide bonds. The van der Waals surface area contributed by atoms with E-state index < -0.39 is 0 Å². The Hall–Kier alpha value is -5.28. The van der Waals surface area contributed by atoms with Crippen molar-refractivity contribution in [1.82, 2.24) is 19.8 Å². The third-order valence-electron chi connectivity index (χ3n) is 6.37. The van der Waals surface area contributed by atoms with Crippen molar-refractivity contribution in [3.05, 3.63) is 109 Å². The molecule has 0 atom stereocenters. The number of amides is 1. The van der Waals surface area contributed by atoms with Crippen LogP contribution in [0.2, 0.25) is 0 Å². The van der Waals surface area contributed by atoms with Crippen LogP contribution < -0.4 is 15.4 Å². The highest BCUT2D eigenvalue weighted by atomic mass is 16.5. The zero-order valence-electron chi connectivity index (χ0n) is 21.7. The molecule has 2 N–H and O–H groups in total. The van der Waals surface area contributed by atoms with Crippen molar-refractivity contribution < 1.29 is 14.3 Å². The van der Waals surface area contributed by atoms with Crippen LogP contribution in [0.5, 0.6) is 5.75 Å². The van der Waals surface area contributed by atoms with Crippen molar-refractivity contribution in [2.45, 2.75) is 6.61 Å². The molecule has 0 bridgehead atoms. The van der Waals surface area contributed by atoms with Crippen molar-refractivity contribution in [3.63, 3.8) is 0 Å². The Labute approximate surface area is 230 Å². The predicted octanol–water partition coefficient (Wildman–Crippen LogP) is 5.85. The van der Waals surface area contributed by atoms with Gasteiger partial charge < -0.3 is 20.1 Å². The van der Waals surface area contributed by atoms with E-state index in [4.69, 9.17) is 14.6 Å². The maximum Gasteiger partial charge on any atom is 0.250 e. The second-order valence-corrected chi connectivity index (χ2v) is 9.11. The topological polar surface area (TPSA) is 103 Å². The lowest BCUT2D eigenvalue weighted by molar-refractivity contribution is -0.121. The molecule has 0 saturated carbocycles. The van der Waals surface area contributed by atoms with Crippen LogP contribution >= 0.6 is 0 Å². The number of rotatable bonds is 9. The summed E-state index contributed by atoms with van der Waals surface area (Å²) in [5, 5.41) is 21.9. The number of fused-ring (bicyclic) bond motifs is 3. The highest BCUT2D eigenvalue weighted by Crippen LogP contribution is 2.30. The van der Waals surface area contributed by atoms with E-state index in [1.165, 1.54) is 0 Å². The highest BCUT2D eigenvalue weighted by Gasteiger charge is 2.16. The van der Waals surface area contributed by atoms with Crippen LogP contribution in [0.3, 0.4) is 0 Å².